The largest absolute Gasteiger partial charge is 0.339 e. The molecule has 0 aliphatic heterocycles. The number of halogens is 1. The van der Waals surface area contributed by atoms with Gasteiger partial charge in [-0.25, -0.2) is 0 Å². The second-order valence-corrected chi connectivity index (χ2v) is 7.01. The van der Waals surface area contributed by atoms with Crippen molar-refractivity contribution in [2.75, 3.05) is 33.2 Å². The van der Waals surface area contributed by atoms with Crippen molar-refractivity contribution in [3.05, 3.63) is 0 Å². The van der Waals surface area contributed by atoms with Crippen LogP contribution in [0.25, 0.3) is 0 Å². The topological polar surface area (TPSA) is 49.6 Å². The van der Waals surface area contributed by atoms with Crippen LogP contribution in [-0.2, 0) is 4.79 Å². The quantitative estimate of drug-likeness (QED) is 0.784. The van der Waals surface area contributed by atoms with Gasteiger partial charge in [0.25, 0.3) is 0 Å². The minimum atomic E-state index is 0. The van der Waals surface area contributed by atoms with E-state index in [0.717, 1.165) is 13.1 Å². The summed E-state index contributed by atoms with van der Waals surface area (Å²) in [6, 6.07) is 0.470. The van der Waals surface area contributed by atoms with Crippen LogP contribution in [0.15, 0.2) is 0 Å². The number of likely N-dealkylation sites (N-methyl/N-ethyl adjacent to an activating group) is 2. The monoisotopic (exact) mass is 319 g/mol. The Balaban J connectivity index is 0.00000400. The fourth-order valence-corrected chi connectivity index (χ4v) is 3.20. The lowest BCUT2D eigenvalue weighted by Gasteiger charge is -2.35. The van der Waals surface area contributed by atoms with Crippen molar-refractivity contribution >= 4 is 18.3 Å². The third kappa shape index (κ3) is 6.98. The second-order valence-electron chi connectivity index (χ2n) is 7.01. The molecule has 0 unspecified atom stereocenters. The number of nitrogens with zero attached hydrogens (tertiary/aromatic N) is 2. The maximum absolute atomic E-state index is 12.5. The smallest absolute Gasteiger partial charge is 0.236 e. The number of nitrogens with two attached hydrogens (primary N) is 1. The average Bonchev–Trinajstić information content (AvgIpc) is 2.40. The molecular weight excluding hydrogens is 286 g/mol. The van der Waals surface area contributed by atoms with Crippen LogP contribution in [-0.4, -0.2) is 55.0 Å². The van der Waals surface area contributed by atoms with Crippen LogP contribution in [0, 0.1) is 5.41 Å². The maximum Gasteiger partial charge on any atom is 0.236 e. The highest BCUT2D eigenvalue weighted by Gasteiger charge is 2.26. The standard InChI is InChI=1S/C16H33N3O.ClH/c1-5-19(14-9-7-6-8-10-14)15(20)11-18(4)13-16(2,3)12-17;/h14H,5-13,17H2,1-4H3;1H. The third-order valence-corrected chi connectivity index (χ3v) is 4.33. The number of hydrogen-bond acceptors (Lipinski definition) is 3. The molecule has 1 rings (SSSR count). The van der Waals surface area contributed by atoms with E-state index in [-0.39, 0.29) is 23.7 Å². The highest BCUT2D eigenvalue weighted by atomic mass is 35.5. The Morgan fingerprint density at radius 2 is 1.81 bits per heavy atom. The molecule has 21 heavy (non-hydrogen) atoms. The maximum atomic E-state index is 12.5. The minimum Gasteiger partial charge on any atom is -0.339 e. The van der Waals surface area contributed by atoms with E-state index in [2.05, 4.69) is 30.6 Å². The lowest BCUT2D eigenvalue weighted by molar-refractivity contribution is -0.135. The molecule has 0 aromatic rings. The molecule has 0 radical (unpaired) electrons. The number of hydrogen-bond donors (Lipinski definition) is 1. The van der Waals surface area contributed by atoms with Gasteiger partial charge in [0, 0.05) is 19.1 Å². The zero-order valence-corrected chi connectivity index (χ0v) is 15.0. The number of carbonyl (C=O) groups is 1. The van der Waals surface area contributed by atoms with Gasteiger partial charge in [-0.2, -0.15) is 0 Å². The summed E-state index contributed by atoms with van der Waals surface area (Å²) in [4.78, 5) is 16.7. The van der Waals surface area contributed by atoms with Crippen molar-refractivity contribution < 1.29 is 4.79 Å². The van der Waals surface area contributed by atoms with Gasteiger partial charge in [-0.3, -0.25) is 9.69 Å². The summed E-state index contributed by atoms with van der Waals surface area (Å²) < 4.78 is 0. The molecule has 1 fully saturated rings. The Morgan fingerprint density at radius 3 is 2.29 bits per heavy atom. The van der Waals surface area contributed by atoms with E-state index >= 15 is 0 Å². The SMILES string of the molecule is CCN(C(=O)CN(C)CC(C)(C)CN)C1CCCCC1.Cl. The first-order valence-corrected chi connectivity index (χ1v) is 8.07. The first-order chi connectivity index (χ1) is 9.39. The van der Waals surface area contributed by atoms with E-state index in [9.17, 15) is 4.79 Å². The van der Waals surface area contributed by atoms with Gasteiger partial charge in [-0.05, 0) is 38.8 Å². The van der Waals surface area contributed by atoms with Crippen LogP contribution >= 0.6 is 12.4 Å². The third-order valence-electron chi connectivity index (χ3n) is 4.33. The summed E-state index contributed by atoms with van der Waals surface area (Å²) in [5.74, 6) is 0.273. The molecule has 0 heterocycles. The molecule has 1 amide bonds. The Labute approximate surface area is 136 Å². The van der Waals surface area contributed by atoms with Crippen LogP contribution < -0.4 is 5.73 Å². The van der Waals surface area contributed by atoms with E-state index < -0.39 is 0 Å². The molecular formula is C16H34ClN3O. The molecule has 0 bridgehead atoms. The molecule has 1 saturated carbocycles. The lowest BCUT2D eigenvalue weighted by Crippen LogP contribution is -2.47. The predicted octanol–water partition coefficient (Wildman–Crippen LogP) is 2.51. The lowest BCUT2D eigenvalue weighted by atomic mass is 9.93. The van der Waals surface area contributed by atoms with Gasteiger partial charge in [0.2, 0.25) is 5.91 Å². The van der Waals surface area contributed by atoms with Crippen molar-refractivity contribution in [1.29, 1.82) is 0 Å². The van der Waals surface area contributed by atoms with Crippen molar-refractivity contribution in [2.24, 2.45) is 11.1 Å². The molecule has 0 atom stereocenters. The molecule has 0 aromatic carbocycles. The van der Waals surface area contributed by atoms with E-state index in [4.69, 9.17) is 5.73 Å². The zero-order valence-electron chi connectivity index (χ0n) is 14.2. The fraction of sp³-hybridized carbons (Fsp3) is 0.938. The van der Waals surface area contributed by atoms with Crippen LogP contribution in [0.1, 0.15) is 52.9 Å². The molecule has 0 spiro atoms. The summed E-state index contributed by atoms with van der Waals surface area (Å²) in [6.07, 6.45) is 6.22. The summed E-state index contributed by atoms with van der Waals surface area (Å²) in [7, 11) is 2.02. The van der Waals surface area contributed by atoms with Gasteiger partial charge in [-0.1, -0.05) is 33.1 Å². The molecule has 0 aromatic heterocycles. The number of carbonyl (C=O) groups excluding carboxylic acids is 1. The molecule has 5 heteroatoms. The first-order valence-electron chi connectivity index (χ1n) is 8.07. The van der Waals surface area contributed by atoms with Gasteiger partial charge >= 0.3 is 0 Å². The van der Waals surface area contributed by atoms with Gasteiger partial charge < -0.3 is 10.6 Å². The summed E-state index contributed by atoms with van der Waals surface area (Å²) in [6.45, 7) is 9.23. The van der Waals surface area contributed by atoms with Crippen LogP contribution in [0.4, 0.5) is 0 Å². The van der Waals surface area contributed by atoms with E-state index in [1.165, 1.54) is 32.1 Å². The Morgan fingerprint density at radius 1 is 1.24 bits per heavy atom. The van der Waals surface area contributed by atoms with Gasteiger partial charge in [-0.15, -0.1) is 12.4 Å². The molecule has 4 nitrogen and oxygen atoms in total. The molecule has 1 aliphatic rings. The van der Waals surface area contributed by atoms with E-state index in [0.29, 0.717) is 19.1 Å². The van der Waals surface area contributed by atoms with Crippen LogP contribution in [0.2, 0.25) is 0 Å². The summed E-state index contributed by atoms with van der Waals surface area (Å²) >= 11 is 0. The Kier molecular flexibility index (Phi) is 9.50. The molecule has 0 saturated heterocycles. The van der Waals surface area contributed by atoms with Gasteiger partial charge in [0.1, 0.15) is 0 Å². The summed E-state index contributed by atoms with van der Waals surface area (Å²) in [5.41, 5.74) is 5.83. The van der Waals surface area contributed by atoms with Gasteiger partial charge in [0.15, 0.2) is 0 Å². The highest BCUT2D eigenvalue weighted by molar-refractivity contribution is 5.85. The van der Waals surface area contributed by atoms with Crippen molar-refractivity contribution in [3.63, 3.8) is 0 Å². The average molecular weight is 320 g/mol. The van der Waals surface area contributed by atoms with E-state index in [1.807, 2.05) is 7.05 Å². The molecule has 1 aliphatic carbocycles. The van der Waals surface area contributed by atoms with E-state index in [1.54, 1.807) is 0 Å². The second kappa shape index (κ2) is 9.65. The molecule has 126 valence electrons. The Hall–Kier alpha value is -0.320. The van der Waals surface area contributed by atoms with Gasteiger partial charge in [0.05, 0.1) is 6.54 Å². The summed E-state index contributed by atoms with van der Waals surface area (Å²) in [5, 5.41) is 0. The first kappa shape index (κ1) is 20.7. The predicted molar refractivity (Wildman–Crippen MR) is 91.8 cm³/mol. The Bertz CT molecular complexity index is 304. The van der Waals surface area contributed by atoms with Crippen LogP contribution in [0.3, 0.4) is 0 Å². The minimum absolute atomic E-state index is 0. The van der Waals surface area contributed by atoms with Crippen molar-refractivity contribution in [3.8, 4) is 0 Å². The normalized spacial score (nSPS) is 16.7. The van der Waals surface area contributed by atoms with Crippen molar-refractivity contribution in [1.82, 2.24) is 9.80 Å². The molecule has 2 N–H and O–H groups in total. The highest BCUT2D eigenvalue weighted by Crippen LogP contribution is 2.23. The van der Waals surface area contributed by atoms with Crippen molar-refractivity contribution in [2.45, 2.75) is 58.9 Å². The fourth-order valence-electron chi connectivity index (χ4n) is 3.20. The number of rotatable bonds is 7. The van der Waals surface area contributed by atoms with Crippen LogP contribution in [0.5, 0.6) is 0 Å². The zero-order chi connectivity index (χ0) is 15.2. The number of amides is 1.